The highest BCUT2D eigenvalue weighted by molar-refractivity contribution is 6.08. The molecule has 2 aliphatic heterocycles. The van der Waals surface area contributed by atoms with E-state index in [-0.39, 0.29) is 34.7 Å². The number of hydrogen-bond donors (Lipinski definition) is 3. The Morgan fingerprint density at radius 3 is 2.64 bits per heavy atom. The minimum atomic E-state index is -0.292. The Hall–Kier alpha value is -3.79. The summed E-state index contributed by atoms with van der Waals surface area (Å²) in [5.74, 6) is 0.691. The lowest BCUT2D eigenvalue weighted by Gasteiger charge is -2.42. The number of aromatic nitrogens is 3. The number of benzene rings is 1. The molecule has 1 unspecified atom stereocenters. The normalized spacial score (nSPS) is 20.0. The van der Waals surface area contributed by atoms with Crippen LogP contribution in [0.2, 0.25) is 0 Å². The molecular weight excluding hydrogens is 459 g/mol. The van der Waals surface area contributed by atoms with Crippen molar-refractivity contribution >= 4 is 29.0 Å². The maximum atomic E-state index is 13.8. The van der Waals surface area contributed by atoms with E-state index in [1.165, 1.54) is 6.07 Å². The first-order valence-electron chi connectivity index (χ1n) is 12.3. The minimum absolute atomic E-state index is 0.0873. The van der Waals surface area contributed by atoms with Crippen LogP contribution >= 0.6 is 0 Å². The molecule has 3 aliphatic rings. The number of fused-ring (bicyclic) bond motifs is 2. The molecule has 2 aromatic heterocycles. The van der Waals surface area contributed by atoms with Crippen LogP contribution in [0.4, 0.5) is 27.5 Å². The predicted molar refractivity (Wildman–Crippen MR) is 136 cm³/mol. The van der Waals surface area contributed by atoms with Gasteiger partial charge in [-0.25, -0.2) is 19.3 Å². The van der Waals surface area contributed by atoms with Crippen LogP contribution < -0.4 is 27.0 Å². The lowest BCUT2D eigenvalue weighted by Crippen LogP contribution is -2.45. The molecule has 0 saturated carbocycles. The lowest BCUT2D eigenvalue weighted by molar-refractivity contribution is 0.0985. The van der Waals surface area contributed by atoms with Crippen LogP contribution in [-0.2, 0) is 12.8 Å². The zero-order valence-electron chi connectivity index (χ0n) is 20.2. The van der Waals surface area contributed by atoms with Gasteiger partial charge in [-0.2, -0.15) is 0 Å². The summed E-state index contributed by atoms with van der Waals surface area (Å²) < 4.78 is 13.8. The predicted octanol–water partition coefficient (Wildman–Crippen LogP) is 2.53. The van der Waals surface area contributed by atoms with E-state index in [1.807, 2.05) is 13.0 Å². The Labute approximate surface area is 208 Å². The second-order valence-corrected chi connectivity index (χ2v) is 10.1. The number of anilines is 4. The van der Waals surface area contributed by atoms with Gasteiger partial charge >= 0.3 is 0 Å². The molecule has 1 atom stereocenters. The second-order valence-electron chi connectivity index (χ2n) is 10.1. The van der Waals surface area contributed by atoms with E-state index in [2.05, 4.69) is 19.9 Å². The monoisotopic (exact) mass is 488 g/mol. The SMILES string of the molecule is Cc1nc(C(=O)N2CCc3nc(N)ccc32)c(N)nc1N1CCC2(CC1)Cc1ccc(F)cc1C2N. The number of pyridine rings is 1. The van der Waals surface area contributed by atoms with Gasteiger partial charge in [0.05, 0.1) is 17.1 Å². The standard InChI is InChI=1S/C26H29FN8O/c1-14-24(34-10-7-26(8-11-34)13-15-2-3-16(27)12-17(15)22(26)29)33-23(30)21(31-14)25(36)35-9-6-18-19(35)4-5-20(28)32-18/h2-5,12,22H,6-11,13,29H2,1H3,(H2,28,32)(H2,30,33). The molecule has 1 spiro atoms. The summed E-state index contributed by atoms with van der Waals surface area (Å²) in [6, 6.07) is 8.26. The molecule has 9 nitrogen and oxygen atoms in total. The maximum Gasteiger partial charge on any atom is 0.280 e. The summed E-state index contributed by atoms with van der Waals surface area (Å²) in [7, 11) is 0. The Morgan fingerprint density at radius 2 is 1.86 bits per heavy atom. The van der Waals surface area contributed by atoms with Crippen molar-refractivity contribution in [1.29, 1.82) is 0 Å². The number of halogens is 1. The number of carbonyl (C=O) groups is 1. The summed E-state index contributed by atoms with van der Waals surface area (Å²) in [6.07, 6.45) is 3.19. The largest absolute Gasteiger partial charge is 0.384 e. The summed E-state index contributed by atoms with van der Waals surface area (Å²) in [5.41, 5.74) is 23.0. The zero-order chi connectivity index (χ0) is 25.2. The molecule has 6 N–H and O–H groups in total. The average molecular weight is 489 g/mol. The van der Waals surface area contributed by atoms with Gasteiger partial charge in [0.25, 0.3) is 5.91 Å². The van der Waals surface area contributed by atoms with Gasteiger partial charge in [0.15, 0.2) is 17.3 Å². The number of nitrogens with two attached hydrogens (primary N) is 3. The molecule has 1 saturated heterocycles. The summed E-state index contributed by atoms with van der Waals surface area (Å²) in [4.78, 5) is 30.7. The van der Waals surface area contributed by atoms with Crippen molar-refractivity contribution in [2.24, 2.45) is 11.1 Å². The van der Waals surface area contributed by atoms with E-state index in [0.29, 0.717) is 30.3 Å². The molecule has 1 amide bonds. The maximum absolute atomic E-state index is 13.8. The topological polar surface area (TPSA) is 140 Å². The fourth-order valence-corrected chi connectivity index (χ4v) is 6.08. The fourth-order valence-electron chi connectivity index (χ4n) is 6.08. The van der Waals surface area contributed by atoms with Crippen LogP contribution in [0.3, 0.4) is 0 Å². The number of nitrogens with zero attached hydrogens (tertiary/aromatic N) is 5. The number of amides is 1. The molecule has 36 heavy (non-hydrogen) atoms. The van der Waals surface area contributed by atoms with Gasteiger partial charge in [0, 0.05) is 32.1 Å². The highest BCUT2D eigenvalue weighted by atomic mass is 19.1. The molecule has 4 heterocycles. The first-order chi connectivity index (χ1) is 17.3. The molecule has 6 rings (SSSR count). The summed E-state index contributed by atoms with van der Waals surface area (Å²) in [5, 5.41) is 0. The number of piperidine rings is 1. The zero-order valence-corrected chi connectivity index (χ0v) is 20.2. The number of carbonyl (C=O) groups excluding carboxylic acids is 1. The van der Waals surface area contributed by atoms with E-state index in [0.717, 1.165) is 54.9 Å². The Bertz CT molecular complexity index is 1380. The number of nitrogen functional groups attached to an aromatic ring is 2. The molecule has 1 fully saturated rings. The highest BCUT2D eigenvalue weighted by Crippen LogP contribution is 2.51. The molecule has 0 bridgehead atoms. The minimum Gasteiger partial charge on any atom is -0.384 e. The first kappa shape index (κ1) is 22.7. The molecule has 1 aromatic carbocycles. The van der Waals surface area contributed by atoms with Gasteiger partial charge in [-0.1, -0.05) is 6.07 Å². The van der Waals surface area contributed by atoms with E-state index in [1.54, 1.807) is 23.1 Å². The summed E-state index contributed by atoms with van der Waals surface area (Å²) in [6.45, 7) is 3.81. The molecule has 186 valence electrons. The van der Waals surface area contributed by atoms with Crippen molar-refractivity contribution in [1.82, 2.24) is 15.0 Å². The fraction of sp³-hybridized carbons (Fsp3) is 0.385. The molecule has 10 heteroatoms. The van der Waals surface area contributed by atoms with Crippen LogP contribution in [0.5, 0.6) is 0 Å². The van der Waals surface area contributed by atoms with Crippen molar-refractivity contribution in [2.75, 3.05) is 40.9 Å². The Morgan fingerprint density at radius 1 is 1.08 bits per heavy atom. The van der Waals surface area contributed by atoms with Crippen molar-refractivity contribution in [3.63, 3.8) is 0 Å². The van der Waals surface area contributed by atoms with E-state index in [4.69, 9.17) is 17.2 Å². The average Bonchev–Trinajstić information content (AvgIpc) is 3.39. The number of aryl methyl sites for hydroxylation is 1. The smallest absolute Gasteiger partial charge is 0.280 e. The van der Waals surface area contributed by atoms with Crippen LogP contribution in [0.25, 0.3) is 0 Å². The highest BCUT2D eigenvalue weighted by Gasteiger charge is 2.46. The van der Waals surface area contributed by atoms with Crippen LogP contribution in [0.1, 0.15) is 51.9 Å². The number of hydrogen-bond acceptors (Lipinski definition) is 8. The number of rotatable bonds is 2. The van der Waals surface area contributed by atoms with Crippen molar-refractivity contribution in [3.05, 3.63) is 64.4 Å². The van der Waals surface area contributed by atoms with Gasteiger partial charge in [-0.05, 0) is 67.0 Å². The Kier molecular flexibility index (Phi) is 5.11. The first-order valence-corrected chi connectivity index (χ1v) is 12.3. The quantitative estimate of drug-likeness (QED) is 0.500. The lowest BCUT2D eigenvalue weighted by atomic mass is 9.73. The van der Waals surface area contributed by atoms with Gasteiger partial charge < -0.3 is 27.0 Å². The molecular formula is C26H29FN8O. The third-order valence-electron chi connectivity index (χ3n) is 8.06. The Balaban J connectivity index is 1.20. The van der Waals surface area contributed by atoms with Gasteiger partial charge in [-0.15, -0.1) is 0 Å². The van der Waals surface area contributed by atoms with Crippen molar-refractivity contribution in [2.45, 2.75) is 38.6 Å². The molecule has 0 radical (unpaired) electrons. The van der Waals surface area contributed by atoms with E-state index in [9.17, 15) is 9.18 Å². The van der Waals surface area contributed by atoms with Gasteiger partial charge in [-0.3, -0.25) is 4.79 Å². The van der Waals surface area contributed by atoms with E-state index >= 15 is 0 Å². The van der Waals surface area contributed by atoms with Crippen molar-refractivity contribution in [3.8, 4) is 0 Å². The molecule has 3 aromatic rings. The second kappa shape index (κ2) is 8.12. The van der Waals surface area contributed by atoms with Crippen LogP contribution in [0, 0.1) is 18.2 Å². The summed E-state index contributed by atoms with van der Waals surface area (Å²) >= 11 is 0. The van der Waals surface area contributed by atoms with Crippen molar-refractivity contribution < 1.29 is 9.18 Å². The van der Waals surface area contributed by atoms with Gasteiger partial charge in [0.1, 0.15) is 11.6 Å². The third-order valence-corrected chi connectivity index (χ3v) is 8.06. The van der Waals surface area contributed by atoms with Crippen LogP contribution in [-0.4, -0.2) is 40.5 Å². The van der Waals surface area contributed by atoms with Gasteiger partial charge in [0.2, 0.25) is 0 Å². The van der Waals surface area contributed by atoms with Crippen LogP contribution in [0.15, 0.2) is 30.3 Å². The third kappa shape index (κ3) is 3.47. The van der Waals surface area contributed by atoms with E-state index < -0.39 is 0 Å². The molecule has 1 aliphatic carbocycles.